The van der Waals surface area contributed by atoms with Gasteiger partial charge in [-0.25, -0.2) is 4.79 Å². The van der Waals surface area contributed by atoms with E-state index in [4.69, 9.17) is 9.84 Å². The van der Waals surface area contributed by atoms with Gasteiger partial charge in [-0.05, 0) is 30.0 Å². The number of nitrogens with zero attached hydrogens (tertiary/aromatic N) is 1. The van der Waals surface area contributed by atoms with Crippen LogP contribution in [-0.4, -0.2) is 47.7 Å². The Hall–Kier alpha value is -1.88. The molecule has 1 aromatic rings. The molecule has 1 fully saturated rings. The Labute approximate surface area is 130 Å². The molecule has 1 unspecified atom stereocenters. The summed E-state index contributed by atoms with van der Waals surface area (Å²) in [6, 6.07) is 6.69. The first-order valence-electron chi connectivity index (χ1n) is 7.67. The molecule has 5 nitrogen and oxygen atoms in total. The summed E-state index contributed by atoms with van der Waals surface area (Å²) in [4.78, 5) is 25.5. The third-order valence-corrected chi connectivity index (χ3v) is 3.82. The molecular weight excluding hydrogens is 282 g/mol. The molecule has 1 aromatic carbocycles. The van der Waals surface area contributed by atoms with Crippen molar-refractivity contribution in [2.75, 3.05) is 19.8 Å². The maximum atomic E-state index is 12.6. The molecule has 0 aliphatic carbocycles. The van der Waals surface area contributed by atoms with Crippen molar-refractivity contribution in [3.8, 4) is 0 Å². The Morgan fingerprint density at radius 2 is 2.18 bits per heavy atom. The number of carboxylic acid groups (broad SMARTS) is 1. The molecule has 1 aliphatic heterocycles. The molecule has 1 atom stereocenters. The molecule has 1 amide bonds. The van der Waals surface area contributed by atoms with E-state index in [-0.39, 0.29) is 23.9 Å². The second-order valence-corrected chi connectivity index (χ2v) is 6.13. The zero-order chi connectivity index (χ0) is 16.1. The van der Waals surface area contributed by atoms with Crippen LogP contribution in [0.4, 0.5) is 0 Å². The van der Waals surface area contributed by atoms with Gasteiger partial charge in [-0.15, -0.1) is 0 Å². The Morgan fingerprint density at radius 1 is 1.41 bits per heavy atom. The van der Waals surface area contributed by atoms with Gasteiger partial charge >= 0.3 is 5.97 Å². The molecule has 0 saturated carbocycles. The van der Waals surface area contributed by atoms with E-state index in [0.717, 1.165) is 12.0 Å². The van der Waals surface area contributed by atoms with Gasteiger partial charge in [-0.3, -0.25) is 4.79 Å². The molecule has 0 spiro atoms. The van der Waals surface area contributed by atoms with Gasteiger partial charge in [0.2, 0.25) is 5.91 Å². The maximum Gasteiger partial charge on any atom is 0.335 e. The molecule has 0 radical (unpaired) electrons. The molecule has 1 saturated heterocycles. The van der Waals surface area contributed by atoms with Gasteiger partial charge in [0.05, 0.1) is 31.2 Å². The molecule has 1 heterocycles. The number of carbonyl (C=O) groups is 2. The lowest BCUT2D eigenvalue weighted by molar-refractivity contribution is -0.139. The monoisotopic (exact) mass is 305 g/mol. The second-order valence-electron chi connectivity index (χ2n) is 6.13. The van der Waals surface area contributed by atoms with E-state index >= 15 is 0 Å². The first kappa shape index (κ1) is 16.5. The van der Waals surface area contributed by atoms with Crippen LogP contribution >= 0.6 is 0 Å². The predicted octanol–water partition coefficient (Wildman–Crippen LogP) is 2.20. The summed E-state index contributed by atoms with van der Waals surface area (Å²) >= 11 is 0. The molecule has 120 valence electrons. The van der Waals surface area contributed by atoms with Crippen LogP contribution in [-0.2, 0) is 16.0 Å². The number of hydrogen-bond acceptors (Lipinski definition) is 3. The van der Waals surface area contributed by atoms with Crippen LogP contribution in [0.5, 0.6) is 0 Å². The molecule has 1 aliphatic rings. The van der Waals surface area contributed by atoms with E-state index in [1.54, 1.807) is 18.2 Å². The predicted molar refractivity (Wildman–Crippen MR) is 82.9 cm³/mol. The first-order valence-corrected chi connectivity index (χ1v) is 7.67. The van der Waals surface area contributed by atoms with Crippen LogP contribution in [0.15, 0.2) is 24.3 Å². The number of amides is 1. The maximum absolute atomic E-state index is 12.6. The third-order valence-electron chi connectivity index (χ3n) is 3.82. The van der Waals surface area contributed by atoms with Crippen molar-refractivity contribution in [2.24, 2.45) is 5.92 Å². The number of rotatable bonds is 5. The molecular formula is C17H23NO4. The number of benzene rings is 1. The molecule has 1 N–H and O–H groups in total. The van der Waals surface area contributed by atoms with Crippen LogP contribution in [0.25, 0.3) is 0 Å². The van der Waals surface area contributed by atoms with Gasteiger partial charge in [0.15, 0.2) is 0 Å². The molecule has 0 aromatic heterocycles. The van der Waals surface area contributed by atoms with Crippen molar-refractivity contribution in [3.05, 3.63) is 35.4 Å². The first-order chi connectivity index (χ1) is 10.5. The van der Waals surface area contributed by atoms with Gasteiger partial charge in [-0.1, -0.05) is 26.0 Å². The fraction of sp³-hybridized carbons (Fsp3) is 0.529. The van der Waals surface area contributed by atoms with Crippen LogP contribution in [0.1, 0.15) is 36.2 Å². The van der Waals surface area contributed by atoms with Crippen LogP contribution < -0.4 is 0 Å². The highest BCUT2D eigenvalue weighted by Crippen LogP contribution is 2.17. The van der Waals surface area contributed by atoms with Gasteiger partial charge in [-0.2, -0.15) is 0 Å². The minimum Gasteiger partial charge on any atom is -0.478 e. The van der Waals surface area contributed by atoms with Gasteiger partial charge in [0.25, 0.3) is 0 Å². The zero-order valence-corrected chi connectivity index (χ0v) is 13.1. The van der Waals surface area contributed by atoms with Crippen LogP contribution in [0.2, 0.25) is 0 Å². The second kappa shape index (κ2) is 7.40. The van der Waals surface area contributed by atoms with E-state index in [1.807, 2.05) is 4.90 Å². The highest BCUT2D eigenvalue weighted by Gasteiger charge is 2.27. The van der Waals surface area contributed by atoms with Crippen molar-refractivity contribution in [2.45, 2.75) is 32.7 Å². The van der Waals surface area contributed by atoms with Gasteiger partial charge in [0, 0.05) is 6.54 Å². The zero-order valence-electron chi connectivity index (χ0n) is 13.1. The Kier molecular flexibility index (Phi) is 5.55. The summed E-state index contributed by atoms with van der Waals surface area (Å²) in [5.41, 5.74) is 0.950. The number of ether oxygens (including phenoxy) is 1. The topological polar surface area (TPSA) is 66.8 Å². The van der Waals surface area contributed by atoms with E-state index in [9.17, 15) is 9.59 Å². The number of hydrogen-bond donors (Lipinski definition) is 1. The summed E-state index contributed by atoms with van der Waals surface area (Å²) < 4.78 is 5.49. The highest BCUT2D eigenvalue weighted by atomic mass is 16.5. The lowest BCUT2D eigenvalue weighted by atomic mass is 10.0. The number of aromatic carboxylic acids is 1. The average molecular weight is 305 g/mol. The Bertz CT molecular complexity index is 541. The SMILES string of the molecule is CC(C)CC1COCCN1C(=O)Cc1cccc(C(=O)O)c1. The van der Waals surface area contributed by atoms with Crippen molar-refractivity contribution < 1.29 is 19.4 Å². The average Bonchev–Trinajstić information content (AvgIpc) is 2.47. The van der Waals surface area contributed by atoms with Crippen molar-refractivity contribution in [3.63, 3.8) is 0 Å². The fourth-order valence-corrected chi connectivity index (χ4v) is 2.81. The summed E-state index contributed by atoms with van der Waals surface area (Å²) in [6.45, 7) is 6.02. The number of carbonyl (C=O) groups excluding carboxylic acids is 1. The Morgan fingerprint density at radius 3 is 2.86 bits per heavy atom. The fourth-order valence-electron chi connectivity index (χ4n) is 2.81. The molecule has 5 heteroatoms. The lowest BCUT2D eigenvalue weighted by Crippen LogP contribution is -2.49. The van der Waals surface area contributed by atoms with Crippen molar-refractivity contribution in [1.82, 2.24) is 4.90 Å². The van der Waals surface area contributed by atoms with Gasteiger partial charge < -0.3 is 14.7 Å². The minimum atomic E-state index is -0.974. The van der Waals surface area contributed by atoms with Crippen molar-refractivity contribution in [1.29, 1.82) is 0 Å². The Balaban J connectivity index is 2.06. The number of carboxylic acids is 1. The normalized spacial score (nSPS) is 18.5. The summed E-state index contributed by atoms with van der Waals surface area (Å²) in [5.74, 6) is -0.438. The smallest absolute Gasteiger partial charge is 0.335 e. The summed E-state index contributed by atoms with van der Waals surface area (Å²) in [6.07, 6.45) is 1.15. The summed E-state index contributed by atoms with van der Waals surface area (Å²) in [7, 11) is 0. The largest absolute Gasteiger partial charge is 0.478 e. The molecule has 2 rings (SSSR count). The summed E-state index contributed by atoms with van der Waals surface area (Å²) in [5, 5.41) is 9.02. The molecule has 22 heavy (non-hydrogen) atoms. The van der Waals surface area contributed by atoms with Gasteiger partial charge in [0.1, 0.15) is 0 Å². The van der Waals surface area contributed by atoms with E-state index in [2.05, 4.69) is 13.8 Å². The minimum absolute atomic E-state index is 0.0384. The van der Waals surface area contributed by atoms with E-state index in [1.165, 1.54) is 6.07 Å². The van der Waals surface area contributed by atoms with Crippen molar-refractivity contribution >= 4 is 11.9 Å². The standard InChI is InChI=1S/C17H23NO4/c1-12(2)8-15-11-22-7-6-18(15)16(19)10-13-4-3-5-14(9-13)17(20)21/h3-5,9,12,15H,6-8,10-11H2,1-2H3,(H,20,21). The van der Waals surface area contributed by atoms with Crippen LogP contribution in [0, 0.1) is 5.92 Å². The third kappa shape index (κ3) is 4.31. The van der Waals surface area contributed by atoms with E-state index < -0.39 is 5.97 Å². The number of morpholine rings is 1. The van der Waals surface area contributed by atoms with E-state index in [0.29, 0.717) is 25.7 Å². The lowest BCUT2D eigenvalue weighted by Gasteiger charge is -2.36. The quantitative estimate of drug-likeness (QED) is 0.905. The highest BCUT2D eigenvalue weighted by molar-refractivity contribution is 5.88. The molecule has 0 bridgehead atoms. The van der Waals surface area contributed by atoms with Crippen LogP contribution in [0.3, 0.4) is 0 Å².